The average Bonchev–Trinajstić information content (AvgIpc) is 2.54. The van der Waals surface area contributed by atoms with Gasteiger partial charge in [-0.15, -0.1) is 0 Å². The smallest absolute Gasteiger partial charge is 0.132 e. The number of rotatable bonds is 1. The maximum Gasteiger partial charge on any atom is 0.132 e. The van der Waals surface area contributed by atoms with Crippen LogP contribution < -0.4 is 0 Å². The van der Waals surface area contributed by atoms with Crippen molar-refractivity contribution < 1.29 is 14.7 Å². The number of quaternary nitrogens is 1. The average molecular weight is 200 g/mol. The summed E-state index contributed by atoms with van der Waals surface area (Å²) in [5.74, 6) is 0.282. The van der Waals surface area contributed by atoms with Gasteiger partial charge in [-0.25, -0.2) is 0 Å². The summed E-state index contributed by atoms with van der Waals surface area (Å²) >= 11 is 0. The molecule has 0 radical (unpaired) electrons. The van der Waals surface area contributed by atoms with Crippen molar-refractivity contribution in [2.24, 2.45) is 5.92 Å². The van der Waals surface area contributed by atoms with Crippen LogP contribution >= 0.6 is 0 Å². The number of piperidine rings is 1. The summed E-state index contributed by atoms with van der Waals surface area (Å²) in [4.78, 5) is 0. The third-order valence-corrected chi connectivity index (χ3v) is 4.37. The molecule has 1 unspecified atom stereocenters. The molecule has 2 rings (SSSR count). The summed E-state index contributed by atoms with van der Waals surface area (Å²) in [6.07, 6.45) is 2.25. The van der Waals surface area contributed by atoms with E-state index in [1.54, 1.807) is 0 Å². The number of nitrogens with zero attached hydrogens (tertiary/aromatic N) is 1. The van der Waals surface area contributed by atoms with Crippen LogP contribution in [-0.4, -0.2) is 53.1 Å². The van der Waals surface area contributed by atoms with Crippen molar-refractivity contribution in [3.05, 3.63) is 0 Å². The van der Waals surface area contributed by atoms with Gasteiger partial charge in [-0.1, -0.05) is 6.92 Å². The van der Waals surface area contributed by atoms with E-state index in [0.717, 1.165) is 23.9 Å². The topological polar surface area (TPSA) is 40.5 Å². The van der Waals surface area contributed by atoms with Crippen molar-refractivity contribution in [1.82, 2.24) is 0 Å². The molecule has 2 aliphatic heterocycles. The Hall–Kier alpha value is -0.120. The van der Waals surface area contributed by atoms with E-state index in [1.807, 2.05) is 0 Å². The zero-order valence-electron chi connectivity index (χ0n) is 9.19. The molecular formula is C11H22NO2+. The SMILES string of the molecule is CC[C@H]1C[N+]2(C)CCC[C@H]2[C@@H](O)[C@H]1O. The van der Waals surface area contributed by atoms with Gasteiger partial charge >= 0.3 is 0 Å². The maximum absolute atomic E-state index is 10.0. The summed E-state index contributed by atoms with van der Waals surface area (Å²) in [6.45, 7) is 4.31. The minimum absolute atomic E-state index is 0.282. The summed E-state index contributed by atoms with van der Waals surface area (Å²) in [5.41, 5.74) is 0. The minimum atomic E-state index is -0.499. The number of hydrogen-bond donors (Lipinski definition) is 2. The van der Waals surface area contributed by atoms with Gasteiger partial charge in [0.2, 0.25) is 0 Å². The van der Waals surface area contributed by atoms with Crippen LogP contribution in [0.1, 0.15) is 26.2 Å². The summed E-state index contributed by atoms with van der Waals surface area (Å²) < 4.78 is 0.983. The predicted octanol–water partition coefficient (Wildman–Crippen LogP) is 0.357. The highest BCUT2D eigenvalue weighted by atomic mass is 16.3. The highest BCUT2D eigenvalue weighted by Crippen LogP contribution is 2.36. The summed E-state index contributed by atoms with van der Waals surface area (Å²) in [5, 5.41) is 20.0. The lowest BCUT2D eigenvalue weighted by molar-refractivity contribution is -0.934. The Morgan fingerprint density at radius 1 is 1.29 bits per heavy atom. The molecule has 2 fully saturated rings. The summed E-state index contributed by atoms with van der Waals surface area (Å²) in [6, 6.07) is 0.285. The van der Waals surface area contributed by atoms with Crippen LogP contribution in [0.3, 0.4) is 0 Å². The molecule has 5 atom stereocenters. The van der Waals surface area contributed by atoms with Crippen LogP contribution in [0.5, 0.6) is 0 Å². The molecule has 0 spiro atoms. The monoisotopic (exact) mass is 200 g/mol. The lowest BCUT2D eigenvalue weighted by atomic mass is 9.84. The number of hydrogen-bond acceptors (Lipinski definition) is 2. The molecule has 0 bridgehead atoms. The predicted molar refractivity (Wildman–Crippen MR) is 54.7 cm³/mol. The van der Waals surface area contributed by atoms with E-state index in [4.69, 9.17) is 0 Å². The van der Waals surface area contributed by atoms with E-state index in [1.165, 1.54) is 13.0 Å². The van der Waals surface area contributed by atoms with Crippen molar-refractivity contribution >= 4 is 0 Å². The van der Waals surface area contributed by atoms with E-state index in [9.17, 15) is 10.2 Å². The maximum atomic E-state index is 10.0. The van der Waals surface area contributed by atoms with Crippen molar-refractivity contribution in [1.29, 1.82) is 0 Å². The molecular weight excluding hydrogens is 178 g/mol. The fourth-order valence-electron chi connectivity index (χ4n) is 3.43. The highest BCUT2D eigenvalue weighted by Gasteiger charge is 2.52. The Morgan fingerprint density at radius 2 is 2.00 bits per heavy atom. The van der Waals surface area contributed by atoms with Crippen molar-refractivity contribution in [3.8, 4) is 0 Å². The van der Waals surface area contributed by atoms with Crippen LogP contribution in [0.4, 0.5) is 0 Å². The zero-order valence-corrected chi connectivity index (χ0v) is 9.19. The normalized spacial score (nSPS) is 53.1. The minimum Gasteiger partial charge on any atom is -0.390 e. The van der Waals surface area contributed by atoms with Crippen LogP contribution in [-0.2, 0) is 0 Å². The first kappa shape index (κ1) is 10.4. The quantitative estimate of drug-likeness (QED) is 0.600. The molecule has 3 nitrogen and oxygen atoms in total. The molecule has 0 aromatic rings. The molecule has 0 aliphatic carbocycles. The van der Waals surface area contributed by atoms with Crippen molar-refractivity contribution in [2.45, 2.75) is 44.4 Å². The van der Waals surface area contributed by atoms with Gasteiger partial charge in [0.05, 0.1) is 26.2 Å². The number of likely N-dealkylation sites (N-methyl/N-ethyl adjacent to an activating group) is 1. The fourth-order valence-corrected chi connectivity index (χ4v) is 3.43. The summed E-state index contributed by atoms with van der Waals surface area (Å²) in [7, 11) is 2.23. The van der Waals surface area contributed by atoms with Gasteiger partial charge < -0.3 is 14.7 Å². The van der Waals surface area contributed by atoms with Crippen LogP contribution in [0, 0.1) is 5.92 Å². The molecule has 14 heavy (non-hydrogen) atoms. The second-order valence-corrected chi connectivity index (χ2v) is 5.24. The van der Waals surface area contributed by atoms with E-state index in [0.29, 0.717) is 0 Å². The third-order valence-electron chi connectivity index (χ3n) is 4.37. The molecule has 2 heterocycles. The van der Waals surface area contributed by atoms with Gasteiger partial charge in [-0.3, -0.25) is 0 Å². The number of aliphatic hydroxyl groups excluding tert-OH is 2. The Bertz CT molecular complexity index is 221. The van der Waals surface area contributed by atoms with Gasteiger partial charge in [0.25, 0.3) is 0 Å². The second-order valence-electron chi connectivity index (χ2n) is 5.24. The molecule has 2 saturated heterocycles. The highest BCUT2D eigenvalue weighted by molar-refractivity contribution is 4.89. The van der Waals surface area contributed by atoms with Crippen LogP contribution in [0.2, 0.25) is 0 Å². The zero-order chi connectivity index (χ0) is 10.3. The molecule has 3 heteroatoms. The largest absolute Gasteiger partial charge is 0.390 e. The standard InChI is InChI=1S/C11H22NO2/c1-3-8-7-12(2)6-4-5-9(12)11(14)10(8)13/h8-11,13-14H,3-7H2,1-2H3/q+1/t8-,9-,10-,11+,12?/m0/s1. The Labute approximate surface area is 85.9 Å². The van der Waals surface area contributed by atoms with Gasteiger partial charge in [0, 0.05) is 18.8 Å². The van der Waals surface area contributed by atoms with E-state index in [2.05, 4.69) is 14.0 Å². The molecule has 0 aromatic heterocycles. The molecule has 0 amide bonds. The lowest BCUT2D eigenvalue weighted by Crippen LogP contribution is -2.65. The van der Waals surface area contributed by atoms with Crippen molar-refractivity contribution in [2.75, 3.05) is 20.1 Å². The first-order valence-corrected chi connectivity index (χ1v) is 5.79. The van der Waals surface area contributed by atoms with E-state index >= 15 is 0 Å². The molecule has 2 N–H and O–H groups in total. The van der Waals surface area contributed by atoms with Gasteiger partial charge in [-0.2, -0.15) is 0 Å². The molecule has 82 valence electrons. The van der Waals surface area contributed by atoms with Gasteiger partial charge in [0.15, 0.2) is 0 Å². The molecule has 2 aliphatic rings. The second kappa shape index (κ2) is 3.47. The van der Waals surface area contributed by atoms with Gasteiger partial charge in [-0.05, 0) is 6.42 Å². The van der Waals surface area contributed by atoms with Crippen molar-refractivity contribution in [3.63, 3.8) is 0 Å². The lowest BCUT2D eigenvalue weighted by Gasteiger charge is -2.47. The third kappa shape index (κ3) is 1.38. The van der Waals surface area contributed by atoms with Crippen LogP contribution in [0.25, 0.3) is 0 Å². The van der Waals surface area contributed by atoms with E-state index < -0.39 is 12.2 Å². The van der Waals surface area contributed by atoms with E-state index in [-0.39, 0.29) is 12.0 Å². The molecule has 0 saturated carbocycles. The first-order chi connectivity index (χ1) is 6.58. The number of fused-ring (bicyclic) bond motifs is 1. The number of aliphatic hydroxyl groups is 2. The fraction of sp³-hybridized carbons (Fsp3) is 1.00. The molecule has 0 aromatic carbocycles. The first-order valence-electron chi connectivity index (χ1n) is 5.79. The van der Waals surface area contributed by atoms with Crippen LogP contribution in [0.15, 0.2) is 0 Å². The Morgan fingerprint density at radius 3 is 2.64 bits per heavy atom. The Kier molecular flexibility index (Phi) is 2.58. The Balaban J connectivity index is 2.19. The van der Waals surface area contributed by atoms with Gasteiger partial charge in [0.1, 0.15) is 12.1 Å².